The summed E-state index contributed by atoms with van der Waals surface area (Å²) in [5, 5.41) is 2.78. The molecule has 4 nitrogen and oxygen atoms in total. The molecule has 0 fully saturated rings. The normalized spacial score (nSPS) is 10.4. The minimum Gasteiger partial charge on any atom is -0.496 e. The van der Waals surface area contributed by atoms with E-state index in [1.165, 1.54) is 12.1 Å². The molecule has 0 aliphatic heterocycles. The van der Waals surface area contributed by atoms with Crippen molar-refractivity contribution in [1.82, 2.24) is 5.32 Å². The van der Waals surface area contributed by atoms with Crippen molar-refractivity contribution in [2.75, 3.05) is 7.11 Å². The van der Waals surface area contributed by atoms with E-state index in [9.17, 15) is 13.6 Å². The van der Waals surface area contributed by atoms with Gasteiger partial charge >= 0.3 is 6.61 Å². The van der Waals surface area contributed by atoms with E-state index in [0.717, 1.165) is 11.1 Å². The van der Waals surface area contributed by atoms with Crippen LogP contribution in [0, 0.1) is 0 Å². The molecular formula is C17H17F2NO3. The maximum Gasteiger partial charge on any atom is 0.387 e. The summed E-state index contributed by atoms with van der Waals surface area (Å²) in [6, 6.07) is 13.4. The Morgan fingerprint density at radius 3 is 2.48 bits per heavy atom. The van der Waals surface area contributed by atoms with Gasteiger partial charge in [0.25, 0.3) is 0 Å². The van der Waals surface area contributed by atoms with Crippen molar-refractivity contribution in [3.8, 4) is 11.5 Å². The predicted octanol–water partition coefficient (Wildman–Crippen LogP) is 3.16. The fraction of sp³-hybridized carbons (Fsp3) is 0.235. The second kappa shape index (κ2) is 8.12. The molecule has 0 unspecified atom stereocenters. The Hall–Kier alpha value is -2.63. The number of nitrogens with one attached hydrogen (secondary N) is 1. The van der Waals surface area contributed by atoms with Crippen LogP contribution in [-0.4, -0.2) is 19.6 Å². The van der Waals surface area contributed by atoms with E-state index in [-0.39, 0.29) is 18.1 Å². The van der Waals surface area contributed by atoms with Crippen LogP contribution in [0.1, 0.15) is 11.1 Å². The third kappa shape index (κ3) is 5.25. The van der Waals surface area contributed by atoms with Crippen molar-refractivity contribution in [2.24, 2.45) is 0 Å². The average Bonchev–Trinajstić information content (AvgIpc) is 2.54. The zero-order chi connectivity index (χ0) is 16.7. The van der Waals surface area contributed by atoms with Crippen molar-refractivity contribution >= 4 is 5.91 Å². The number of ether oxygens (including phenoxy) is 2. The fourth-order valence-electron chi connectivity index (χ4n) is 2.07. The number of halogens is 2. The van der Waals surface area contributed by atoms with Crippen molar-refractivity contribution < 1.29 is 23.0 Å². The number of amides is 1. The number of para-hydroxylation sites is 1. The van der Waals surface area contributed by atoms with E-state index in [1.54, 1.807) is 25.3 Å². The maximum absolute atomic E-state index is 12.1. The number of alkyl halides is 2. The molecule has 0 saturated carbocycles. The third-order valence-electron chi connectivity index (χ3n) is 3.18. The number of hydrogen-bond acceptors (Lipinski definition) is 3. The molecule has 2 aromatic rings. The zero-order valence-corrected chi connectivity index (χ0v) is 12.6. The number of rotatable bonds is 7. The number of methoxy groups -OCH3 is 1. The van der Waals surface area contributed by atoms with Gasteiger partial charge < -0.3 is 14.8 Å². The Morgan fingerprint density at radius 1 is 1.13 bits per heavy atom. The smallest absolute Gasteiger partial charge is 0.387 e. The third-order valence-corrected chi connectivity index (χ3v) is 3.18. The minimum atomic E-state index is -2.85. The molecule has 1 N–H and O–H groups in total. The fourth-order valence-corrected chi connectivity index (χ4v) is 2.07. The highest BCUT2D eigenvalue weighted by atomic mass is 19.3. The lowest BCUT2D eigenvalue weighted by Crippen LogP contribution is -2.24. The number of carbonyl (C=O) groups excluding carboxylic acids is 1. The van der Waals surface area contributed by atoms with Crippen LogP contribution in [0.2, 0.25) is 0 Å². The standard InChI is InChI=1S/C17H17F2NO3/c1-22-15-5-3-2-4-13(15)10-16(21)20-11-12-6-8-14(9-7-12)23-17(18)19/h2-9,17H,10-11H2,1H3,(H,20,21). The van der Waals surface area contributed by atoms with Gasteiger partial charge in [0.15, 0.2) is 0 Å². The molecule has 0 radical (unpaired) electrons. The first-order valence-corrected chi connectivity index (χ1v) is 7.01. The molecular weight excluding hydrogens is 304 g/mol. The number of benzene rings is 2. The number of carbonyl (C=O) groups is 1. The minimum absolute atomic E-state index is 0.0871. The van der Waals surface area contributed by atoms with Crippen LogP contribution in [0.5, 0.6) is 11.5 Å². The molecule has 0 spiro atoms. The van der Waals surface area contributed by atoms with Gasteiger partial charge in [0, 0.05) is 12.1 Å². The van der Waals surface area contributed by atoms with E-state index < -0.39 is 6.61 Å². The molecule has 0 saturated heterocycles. The molecule has 1 amide bonds. The summed E-state index contributed by atoms with van der Waals surface area (Å²) in [5.74, 6) is 0.600. The molecule has 0 aliphatic rings. The molecule has 0 aliphatic carbocycles. The number of hydrogen-bond donors (Lipinski definition) is 1. The van der Waals surface area contributed by atoms with Crippen molar-refractivity contribution in [3.63, 3.8) is 0 Å². The molecule has 0 aromatic heterocycles. The molecule has 122 valence electrons. The first kappa shape index (κ1) is 16.7. The van der Waals surface area contributed by atoms with Gasteiger partial charge in [-0.15, -0.1) is 0 Å². The Morgan fingerprint density at radius 2 is 1.83 bits per heavy atom. The summed E-state index contributed by atoms with van der Waals surface area (Å²) >= 11 is 0. The van der Waals surface area contributed by atoms with E-state index in [2.05, 4.69) is 10.1 Å². The lowest BCUT2D eigenvalue weighted by atomic mass is 10.1. The Balaban J connectivity index is 1.86. The monoisotopic (exact) mass is 321 g/mol. The van der Waals surface area contributed by atoms with Crippen LogP contribution < -0.4 is 14.8 Å². The highest BCUT2D eigenvalue weighted by molar-refractivity contribution is 5.79. The van der Waals surface area contributed by atoms with Crippen LogP contribution in [0.15, 0.2) is 48.5 Å². The van der Waals surface area contributed by atoms with Gasteiger partial charge in [-0.25, -0.2) is 0 Å². The molecule has 2 rings (SSSR count). The van der Waals surface area contributed by atoms with E-state index >= 15 is 0 Å². The van der Waals surface area contributed by atoms with Gasteiger partial charge in [0.05, 0.1) is 13.5 Å². The van der Waals surface area contributed by atoms with Gasteiger partial charge in [-0.2, -0.15) is 8.78 Å². The van der Waals surface area contributed by atoms with Crippen LogP contribution >= 0.6 is 0 Å². The summed E-state index contributed by atoms with van der Waals surface area (Å²) in [5.41, 5.74) is 1.59. The first-order chi connectivity index (χ1) is 11.1. The van der Waals surface area contributed by atoms with Crippen molar-refractivity contribution in [3.05, 3.63) is 59.7 Å². The topological polar surface area (TPSA) is 47.6 Å². The summed E-state index contributed by atoms with van der Waals surface area (Å²) in [7, 11) is 1.56. The molecule has 23 heavy (non-hydrogen) atoms. The molecule has 0 heterocycles. The van der Waals surface area contributed by atoms with Gasteiger partial charge in [-0.1, -0.05) is 30.3 Å². The van der Waals surface area contributed by atoms with Gasteiger partial charge in [0.1, 0.15) is 11.5 Å². The maximum atomic E-state index is 12.1. The molecule has 2 aromatic carbocycles. The van der Waals surface area contributed by atoms with Crippen LogP contribution in [0.3, 0.4) is 0 Å². The van der Waals surface area contributed by atoms with Crippen LogP contribution in [0.25, 0.3) is 0 Å². The van der Waals surface area contributed by atoms with Gasteiger partial charge in [0.2, 0.25) is 5.91 Å². The second-order valence-corrected chi connectivity index (χ2v) is 4.79. The second-order valence-electron chi connectivity index (χ2n) is 4.79. The lowest BCUT2D eigenvalue weighted by Gasteiger charge is -2.09. The Bertz CT molecular complexity index is 645. The molecule has 0 bridgehead atoms. The quantitative estimate of drug-likeness (QED) is 0.852. The van der Waals surface area contributed by atoms with E-state index in [1.807, 2.05) is 18.2 Å². The van der Waals surface area contributed by atoms with E-state index in [0.29, 0.717) is 12.3 Å². The SMILES string of the molecule is COc1ccccc1CC(=O)NCc1ccc(OC(F)F)cc1. The highest BCUT2D eigenvalue weighted by Crippen LogP contribution is 2.18. The summed E-state index contributed by atoms with van der Waals surface area (Å²) in [4.78, 5) is 12.0. The zero-order valence-electron chi connectivity index (χ0n) is 12.6. The van der Waals surface area contributed by atoms with Crippen LogP contribution in [-0.2, 0) is 17.8 Å². The highest BCUT2D eigenvalue weighted by Gasteiger charge is 2.08. The molecule has 0 atom stereocenters. The van der Waals surface area contributed by atoms with Crippen molar-refractivity contribution in [1.29, 1.82) is 0 Å². The van der Waals surface area contributed by atoms with Gasteiger partial charge in [-0.3, -0.25) is 4.79 Å². The summed E-state index contributed by atoms with van der Waals surface area (Å²) < 4.78 is 33.6. The largest absolute Gasteiger partial charge is 0.496 e. The first-order valence-electron chi connectivity index (χ1n) is 7.01. The Labute approximate surface area is 133 Å². The predicted molar refractivity (Wildman–Crippen MR) is 81.6 cm³/mol. The summed E-state index contributed by atoms with van der Waals surface area (Å²) in [6.07, 6.45) is 0.205. The Kier molecular flexibility index (Phi) is 5.91. The lowest BCUT2D eigenvalue weighted by molar-refractivity contribution is -0.120. The van der Waals surface area contributed by atoms with Crippen molar-refractivity contribution in [2.45, 2.75) is 19.6 Å². The average molecular weight is 321 g/mol. The van der Waals surface area contributed by atoms with Crippen LogP contribution in [0.4, 0.5) is 8.78 Å². The van der Waals surface area contributed by atoms with E-state index in [4.69, 9.17) is 4.74 Å². The molecule has 6 heteroatoms. The van der Waals surface area contributed by atoms with Gasteiger partial charge in [-0.05, 0) is 23.8 Å². The summed E-state index contributed by atoms with van der Waals surface area (Å²) in [6.45, 7) is -2.54.